The van der Waals surface area contributed by atoms with Crippen LogP contribution in [-0.4, -0.2) is 30.2 Å². The van der Waals surface area contributed by atoms with E-state index in [0.29, 0.717) is 0 Å². The molecule has 0 saturated carbocycles. The maximum atomic E-state index is 4.35. The molecule has 0 aliphatic heterocycles. The Hall–Kier alpha value is -4.06. The lowest BCUT2D eigenvalue weighted by molar-refractivity contribution is 0.818. The summed E-state index contributed by atoms with van der Waals surface area (Å²) in [7, 11) is 0. The first-order valence-corrected chi connectivity index (χ1v) is 10.3. The third kappa shape index (κ3) is 4.43. The van der Waals surface area contributed by atoms with Crippen LogP contribution in [0.4, 0.5) is 0 Å². The lowest BCUT2D eigenvalue weighted by Crippen LogP contribution is -2.02. The molecule has 0 bridgehead atoms. The number of hydrogen-bond acceptors (Lipinski definition) is 4. The molecular weight excluding hydrogens is 384 g/mol. The number of para-hydroxylation sites is 1. The first-order chi connectivity index (χ1) is 15.3. The number of rotatable bonds is 7. The van der Waals surface area contributed by atoms with E-state index in [1.54, 1.807) is 0 Å². The molecular formula is C25H22N6. The predicted octanol–water partition coefficient (Wildman–Crippen LogP) is 4.55. The number of nitrogens with zero attached hydrogens (tertiary/aromatic N) is 5. The van der Waals surface area contributed by atoms with Crippen molar-refractivity contribution in [3.8, 4) is 0 Å². The van der Waals surface area contributed by atoms with E-state index in [9.17, 15) is 0 Å². The summed E-state index contributed by atoms with van der Waals surface area (Å²) >= 11 is 0. The Morgan fingerprint density at radius 1 is 0.903 bits per heavy atom. The van der Waals surface area contributed by atoms with Crippen LogP contribution in [0.25, 0.3) is 23.1 Å². The zero-order valence-corrected chi connectivity index (χ0v) is 17.0. The van der Waals surface area contributed by atoms with Gasteiger partial charge in [-0.2, -0.15) is 5.21 Å². The van der Waals surface area contributed by atoms with Crippen molar-refractivity contribution in [2.24, 2.45) is 0 Å². The normalized spacial score (nSPS) is 11.5. The van der Waals surface area contributed by atoms with Crippen molar-refractivity contribution in [2.75, 3.05) is 0 Å². The SMILES string of the molecule is C(=C\c1ccccn1)/c1cccc(Cn2ccc3cccc(CCc4nn[nH]n4)c32)c1. The monoisotopic (exact) mass is 406 g/mol. The van der Waals surface area contributed by atoms with Crippen LogP contribution in [0.15, 0.2) is 79.1 Å². The Bertz CT molecular complexity index is 1300. The van der Waals surface area contributed by atoms with E-state index in [1.165, 1.54) is 22.0 Å². The van der Waals surface area contributed by atoms with Crippen molar-refractivity contribution in [2.45, 2.75) is 19.4 Å². The van der Waals surface area contributed by atoms with Gasteiger partial charge in [-0.15, -0.1) is 10.2 Å². The molecule has 0 saturated heterocycles. The standard InChI is InChI=1S/C25H22N6/c1-2-15-26-23(9-1)12-10-19-5-3-6-20(17-19)18-31-16-14-22-8-4-7-21(25(22)31)11-13-24-27-29-30-28-24/h1-10,12,14-17H,11,13,18H2,(H,27,28,29,30)/b12-10+. The molecule has 0 amide bonds. The highest BCUT2D eigenvalue weighted by molar-refractivity contribution is 5.83. The van der Waals surface area contributed by atoms with Gasteiger partial charge in [0, 0.05) is 25.4 Å². The van der Waals surface area contributed by atoms with E-state index < -0.39 is 0 Å². The summed E-state index contributed by atoms with van der Waals surface area (Å²) in [6.07, 6.45) is 9.75. The van der Waals surface area contributed by atoms with Crippen molar-refractivity contribution in [3.63, 3.8) is 0 Å². The largest absolute Gasteiger partial charge is 0.343 e. The fourth-order valence-electron chi connectivity index (χ4n) is 3.86. The third-order valence-electron chi connectivity index (χ3n) is 5.32. The minimum absolute atomic E-state index is 0.738. The van der Waals surface area contributed by atoms with Gasteiger partial charge in [-0.25, -0.2) is 0 Å². The van der Waals surface area contributed by atoms with Gasteiger partial charge in [0.25, 0.3) is 0 Å². The first kappa shape index (κ1) is 18.9. The summed E-state index contributed by atoms with van der Waals surface area (Å²) < 4.78 is 2.32. The van der Waals surface area contributed by atoms with Crippen molar-refractivity contribution in [3.05, 3.63) is 107 Å². The van der Waals surface area contributed by atoms with Crippen LogP contribution in [0.1, 0.15) is 28.2 Å². The van der Waals surface area contributed by atoms with Crippen LogP contribution in [0.5, 0.6) is 0 Å². The molecule has 0 radical (unpaired) electrons. The van der Waals surface area contributed by atoms with E-state index in [-0.39, 0.29) is 0 Å². The molecule has 3 aromatic heterocycles. The maximum Gasteiger partial charge on any atom is 0.174 e. The predicted molar refractivity (Wildman–Crippen MR) is 122 cm³/mol. The molecule has 1 N–H and O–H groups in total. The highest BCUT2D eigenvalue weighted by Gasteiger charge is 2.09. The second-order valence-corrected chi connectivity index (χ2v) is 7.46. The van der Waals surface area contributed by atoms with Gasteiger partial charge < -0.3 is 4.57 Å². The molecule has 6 heteroatoms. The van der Waals surface area contributed by atoms with Crippen LogP contribution in [0.3, 0.4) is 0 Å². The molecule has 0 atom stereocenters. The molecule has 0 unspecified atom stereocenters. The lowest BCUT2D eigenvalue weighted by Gasteiger charge is -2.10. The van der Waals surface area contributed by atoms with Gasteiger partial charge in [0.15, 0.2) is 5.82 Å². The smallest absolute Gasteiger partial charge is 0.174 e. The van der Waals surface area contributed by atoms with E-state index in [2.05, 4.69) is 91.0 Å². The molecule has 5 rings (SSSR count). The Morgan fingerprint density at radius 3 is 2.74 bits per heavy atom. The van der Waals surface area contributed by atoms with Gasteiger partial charge in [0.2, 0.25) is 0 Å². The summed E-state index contributed by atoms with van der Waals surface area (Å²) in [5, 5.41) is 15.6. The van der Waals surface area contributed by atoms with Gasteiger partial charge >= 0.3 is 0 Å². The van der Waals surface area contributed by atoms with E-state index in [0.717, 1.165) is 36.5 Å². The summed E-state index contributed by atoms with van der Waals surface area (Å²) in [4.78, 5) is 4.35. The molecule has 31 heavy (non-hydrogen) atoms. The van der Waals surface area contributed by atoms with Crippen LogP contribution in [0.2, 0.25) is 0 Å². The van der Waals surface area contributed by atoms with Crippen LogP contribution < -0.4 is 0 Å². The second-order valence-electron chi connectivity index (χ2n) is 7.46. The Balaban J connectivity index is 1.38. The number of tetrazole rings is 1. The van der Waals surface area contributed by atoms with Crippen molar-refractivity contribution >= 4 is 23.1 Å². The number of aromatic nitrogens is 6. The van der Waals surface area contributed by atoms with Gasteiger partial charge in [-0.1, -0.05) is 53.8 Å². The second kappa shape index (κ2) is 8.75. The van der Waals surface area contributed by atoms with Crippen LogP contribution >= 0.6 is 0 Å². The molecule has 5 aromatic rings. The molecule has 0 aliphatic rings. The zero-order chi connectivity index (χ0) is 20.9. The quantitative estimate of drug-likeness (QED) is 0.430. The molecule has 0 fully saturated rings. The summed E-state index contributed by atoms with van der Waals surface area (Å²) in [6, 6.07) is 23.2. The fraction of sp³-hybridized carbons (Fsp3) is 0.120. The van der Waals surface area contributed by atoms with Crippen LogP contribution in [-0.2, 0) is 19.4 Å². The highest BCUT2D eigenvalue weighted by atomic mass is 15.5. The number of pyridine rings is 1. The van der Waals surface area contributed by atoms with Gasteiger partial charge in [0.1, 0.15) is 0 Å². The topological polar surface area (TPSA) is 72.3 Å². The van der Waals surface area contributed by atoms with E-state index in [4.69, 9.17) is 0 Å². The Kier molecular flexibility index (Phi) is 5.35. The molecule has 6 nitrogen and oxygen atoms in total. The van der Waals surface area contributed by atoms with Gasteiger partial charge in [-0.05, 0) is 58.8 Å². The Morgan fingerprint density at radius 2 is 1.87 bits per heavy atom. The summed E-state index contributed by atoms with van der Waals surface area (Å²) in [5.41, 5.74) is 5.93. The fourth-order valence-corrected chi connectivity index (χ4v) is 3.86. The number of aromatic amines is 1. The Labute approximate surface area is 180 Å². The number of fused-ring (bicyclic) bond motifs is 1. The van der Waals surface area contributed by atoms with E-state index >= 15 is 0 Å². The number of hydrogen-bond donors (Lipinski definition) is 1. The molecule has 2 aromatic carbocycles. The average Bonchev–Trinajstić information content (AvgIpc) is 3.48. The third-order valence-corrected chi connectivity index (χ3v) is 5.32. The van der Waals surface area contributed by atoms with Crippen molar-refractivity contribution in [1.29, 1.82) is 0 Å². The number of benzene rings is 2. The molecule has 152 valence electrons. The minimum Gasteiger partial charge on any atom is -0.343 e. The minimum atomic E-state index is 0.738. The number of H-pyrrole nitrogens is 1. The van der Waals surface area contributed by atoms with E-state index in [1.807, 2.05) is 30.5 Å². The van der Waals surface area contributed by atoms with Crippen molar-refractivity contribution < 1.29 is 0 Å². The first-order valence-electron chi connectivity index (χ1n) is 10.3. The zero-order valence-electron chi connectivity index (χ0n) is 17.0. The van der Waals surface area contributed by atoms with Gasteiger partial charge in [-0.3, -0.25) is 4.98 Å². The summed E-state index contributed by atoms with van der Waals surface area (Å²) in [6.45, 7) is 0.813. The van der Waals surface area contributed by atoms with Crippen LogP contribution in [0, 0.1) is 0 Å². The average molecular weight is 406 g/mol. The molecule has 3 heterocycles. The number of aryl methyl sites for hydroxylation is 2. The van der Waals surface area contributed by atoms with Crippen molar-refractivity contribution in [1.82, 2.24) is 30.2 Å². The number of nitrogens with one attached hydrogen (secondary N) is 1. The molecule has 0 spiro atoms. The molecule has 0 aliphatic carbocycles. The lowest BCUT2D eigenvalue weighted by atomic mass is 10.1. The highest BCUT2D eigenvalue weighted by Crippen LogP contribution is 2.23. The summed E-state index contributed by atoms with van der Waals surface area (Å²) in [5.74, 6) is 0.738. The van der Waals surface area contributed by atoms with Gasteiger partial charge in [0.05, 0.1) is 11.2 Å². The maximum absolute atomic E-state index is 4.35.